The van der Waals surface area contributed by atoms with E-state index in [0.717, 1.165) is 11.5 Å². The van der Waals surface area contributed by atoms with Crippen molar-refractivity contribution in [2.45, 2.75) is 32.8 Å². The van der Waals surface area contributed by atoms with Gasteiger partial charge in [0.15, 0.2) is 0 Å². The molecule has 0 aliphatic heterocycles. The van der Waals surface area contributed by atoms with Crippen LogP contribution in [-0.2, 0) is 16.8 Å². The van der Waals surface area contributed by atoms with Crippen LogP contribution in [0.4, 0.5) is 0 Å². The van der Waals surface area contributed by atoms with Gasteiger partial charge in [-0.3, -0.25) is 0 Å². The number of methoxy groups -OCH3 is 1. The van der Waals surface area contributed by atoms with E-state index in [9.17, 15) is 0 Å². The van der Waals surface area contributed by atoms with Crippen LogP contribution in [0.2, 0.25) is 5.15 Å². The summed E-state index contributed by atoms with van der Waals surface area (Å²) >= 11 is 5.89. The molecule has 1 heterocycles. The van der Waals surface area contributed by atoms with E-state index in [1.807, 2.05) is 0 Å². The lowest BCUT2D eigenvalue weighted by atomic mass is 9.96. The van der Waals surface area contributed by atoms with Gasteiger partial charge in [0.2, 0.25) is 0 Å². The molecule has 0 bridgehead atoms. The molecule has 0 amide bonds. The monoisotopic (exact) mass is 214 g/mol. The lowest BCUT2D eigenvalue weighted by molar-refractivity contribution is 0.181. The quantitative estimate of drug-likeness (QED) is 0.710. The second-order valence-corrected chi connectivity index (χ2v) is 4.58. The van der Waals surface area contributed by atoms with Gasteiger partial charge >= 0.3 is 0 Å². The first kappa shape index (κ1) is 11.4. The standard InChI is InChI=1S/C10H15ClN2O/c1-10(2,3)9-12-7(6-14-4)5-8(11)13-9/h5H,6H2,1-4H3. The first-order valence-electron chi connectivity index (χ1n) is 4.46. The van der Waals surface area contributed by atoms with Crippen molar-refractivity contribution in [3.05, 3.63) is 22.7 Å². The van der Waals surface area contributed by atoms with Crippen LogP contribution in [0.15, 0.2) is 6.07 Å². The minimum absolute atomic E-state index is 0.0899. The maximum Gasteiger partial charge on any atom is 0.135 e. The molecule has 0 saturated carbocycles. The third-order valence-corrected chi connectivity index (χ3v) is 1.90. The fraction of sp³-hybridized carbons (Fsp3) is 0.600. The molecule has 1 aromatic heterocycles. The largest absolute Gasteiger partial charge is 0.378 e. The number of hydrogen-bond donors (Lipinski definition) is 0. The number of aromatic nitrogens is 2. The molecule has 1 aromatic rings. The summed E-state index contributed by atoms with van der Waals surface area (Å²) in [4.78, 5) is 8.56. The van der Waals surface area contributed by atoms with Crippen LogP contribution in [0.5, 0.6) is 0 Å². The van der Waals surface area contributed by atoms with Crippen LogP contribution >= 0.6 is 11.6 Å². The van der Waals surface area contributed by atoms with Gasteiger partial charge < -0.3 is 4.74 Å². The van der Waals surface area contributed by atoms with Crippen LogP contribution in [0.1, 0.15) is 32.3 Å². The van der Waals surface area contributed by atoms with E-state index in [1.165, 1.54) is 0 Å². The molecule has 0 aliphatic rings. The predicted octanol–water partition coefficient (Wildman–Crippen LogP) is 2.57. The summed E-state index contributed by atoms with van der Waals surface area (Å²) in [5, 5.41) is 0.469. The Morgan fingerprint density at radius 2 is 2.00 bits per heavy atom. The van der Waals surface area contributed by atoms with E-state index in [4.69, 9.17) is 16.3 Å². The summed E-state index contributed by atoms with van der Waals surface area (Å²) in [5.41, 5.74) is 0.727. The van der Waals surface area contributed by atoms with E-state index < -0.39 is 0 Å². The van der Waals surface area contributed by atoms with Gasteiger partial charge in [-0.05, 0) is 6.07 Å². The van der Waals surface area contributed by atoms with Crippen molar-refractivity contribution in [1.29, 1.82) is 0 Å². The van der Waals surface area contributed by atoms with Crippen molar-refractivity contribution in [1.82, 2.24) is 9.97 Å². The van der Waals surface area contributed by atoms with Gasteiger partial charge in [-0.1, -0.05) is 32.4 Å². The Hall–Kier alpha value is -0.670. The van der Waals surface area contributed by atoms with Crippen molar-refractivity contribution in [2.75, 3.05) is 7.11 Å². The SMILES string of the molecule is COCc1cc(Cl)nc(C(C)(C)C)n1. The molecule has 0 aromatic carbocycles. The molecule has 0 fully saturated rings. The Labute approximate surface area is 89.5 Å². The van der Waals surface area contributed by atoms with Gasteiger partial charge in [-0.25, -0.2) is 9.97 Å². The molecule has 78 valence electrons. The molecule has 1 rings (SSSR count). The Morgan fingerprint density at radius 3 is 2.50 bits per heavy atom. The van der Waals surface area contributed by atoms with E-state index in [1.54, 1.807) is 13.2 Å². The van der Waals surface area contributed by atoms with E-state index in [2.05, 4.69) is 30.7 Å². The fourth-order valence-corrected chi connectivity index (χ4v) is 1.23. The van der Waals surface area contributed by atoms with Crippen molar-refractivity contribution in [3.63, 3.8) is 0 Å². The first-order valence-corrected chi connectivity index (χ1v) is 4.84. The van der Waals surface area contributed by atoms with Crippen molar-refractivity contribution in [2.24, 2.45) is 0 Å². The second kappa shape index (κ2) is 4.24. The van der Waals surface area contributed by atoms with Crippen LogP contribution in [0, 0.1) is 0 Å². The van der Waals surface area contributed by atoms with Crippen LogP contribution in [-0.4, -0.2) is 17.1 Å². The Morgan fingerprint density at radius 1 is 1.36 bits per heavy atom. The van der Waals surface area contributed by atoms with Crippen LogP contribution in [0.3, 0.4) is 0 Å². The number of hydrogen-bond acceptors (Lipinski definition) is 3. The molecule has 0 radical (unpaired) electrons. The van der Waals surface area contributed by atoms with E-state index in [0.29, 0.717) is 11.8 Å². The zero-order chi connectivity index (χ0) is 10.8. The third kappa shape index (κ3) is 2.93. The van der Waals surface area contributed by atoms with Gasteiger partial charge in [0.25, 0.3) is 0 Å². The van der Waals surface area contributed by atoms with E-state index in [-0.39, 0.29) is 5.41 Å². The highest BCUT2D eigenvalue weighted by Gasteiger charge is 2.18. The zero-order valence-electron chi connectivity index (χ0n) is 8.97. The summed E-state index contributed by atoms with van der Waals surface area (Å²) in [6.45, 7) is 6.62. The highest BCUT2D eigenvalue weighted by molar-refractivity contribution is 6.29. The third-order valence-electron chi connectivity index (χ3n) is 1.71. The molecule has 0 aliphatic carbocycles. The highest BCUT2D eigenvalue weighted by Crippen LogP contribution is 2.20. The molecule has 0 N–H and O–H groups in total. The Kier molecular flexibility index (Phi) is 3.45. The zero-order valence-corrected chi connectivity index (χ0v) is 9.72. The average Bonchev–Trinajstić information content (AvgIpc) is 2.02. The minimum Gasteiger partial charge on any atom is -0.378 e. The van der Waals surface area contributed by atoms with Gasteiger partial charge in [-0.2, -0.15) is 0 Å². The van der Waals surface area contributed by atoms with Crippen LogP contribution < -0.4 is 0 Å². The molecule has 4 heteroatoms. The minimum atomic E-state index is -0.0899. The van der Waals surface area contributed by atoms with Crippen LogP contribution in [0.25, 0.3) is 0 Å². The molecule has 0 unspecified atom stereocenters. The maximum absolute atomic E-state index is 5.89. The predicted molar refractivity (Wildman–Crippen MR) is 56.5 cm³/mol. The smallest absolute Gasteiger partial charge is 0.135 e. The Balaban J connectivity index is 3.07. The summed E-state index contributed by atoms with van der Waals surface area (Å²) in [6, 6.07) is 1.72. The normalized spacial score (nSPS) is 11.8. The molecular formula is C10H15ClN2O. The molecule has 0 atom stereocenters. The second-order valence-electron chi connectivity index (χ2n) is 4.19. The highest BCUT2D eigenvalue weighted by atomic mass is 35.5. The molecule has 0 spiro atoms. The number of halogens is 1. The van der Waals surface area contributed by atoms with Gasteiger partial charge in [0.05, 0.1) is 12.3 Å². The van der Waals surface area contributed by atoms with Gasteiger partial charge in [0, 0.05) is 12.5 Å². The molecule has 14 heavy (non-hydrogen) atoms. The number of nitrogens with zero attached hydrogens (tertiary/aromatic N) is 2. The molecular weight excluding hydrogens is 200 g/mol. The number of rotatable bonds is 2. The van der Waals surface area contributed by atoms with Crippen molar-refractivity contribution < 1.29 is 4.74 Å². The average molecular weight is 215 g/mol. The van der Waals surface area contributed by atoms with Gasteiger partial charge in [-0.15, -0.1) is 0 Å². The topological polar surface area (TPSA) is 35.0 Å². The number of ether oxygens (including phenoxy) is 1. The summed E-state index contributed by atoms with van der Waals surface area (Å²) < 4.78 is 5.00. The lowest BCUT2D eigenvalue weighted by Crippen LogP contribution is -2.17. The maximum atomic E-state index is 5.89. The fourth-order valence-electron chi connectivity index (χ4n) is 1.02. The molecule has 3 nitrogen and oxygen atoms in total. The summed E-state index contributed by atoms with van der Waals surface area (Å²) in [6.07, 6.45) is 0. The van der Waals surface area contributed by atoms with Crippen molar-refractivity contribution in [3.8, 4) is 0 Å². The van der Waals surface area contributed by atoms with Gasteiger partial charge in [0.1, 0.15) is 11.0 Å². The van der Waals surface area contributed by atoms with Crippen molar-refractivity contribution >= 4 is 11.6 Å². The molecule has 0 saturated heterocycles. The lowest BCUT2D eigenvalue weighted by Gasteiger charge is -2.17. The Bertz CT molecular complexity index is 320. The first-order chi connectivity index (χ1) is 6.43. The van der Waals surface area contributed by atoms with E-state index >= 15 is 0 Å². The summed E-state index contributed by atoms with van der Waals surface area (Å²) in [5.74, 6) is 0.747. The summed E-state index contributed by atoms with van der Waals surface area (Å²) in [7, 11) is 1.63.